The number of carbonyl (C=O) groups is 2. The van der Waals surface area contributed by atoms with E-state index in [1.165, 1.54) is 5.57 Å². The zero-order valence-electron chi connectivity index (χ0n) is 13.8. The zero-order chi connectivity index (χ0) is 16.2. The van der Waals surface area contributed by atoms with Crippen LogP contribution in [0.5, 0.6) is 0 Å². The first-order valence-electron chi connectivity index (χ1n) is 7.59. The normalized spacial score (nSPS) is 15.9. The van der Waals surface area contributed by atoms with Gasteiger partial charge in [-0.15, -0.1) is 0 Å². The van der Waals surface area contributed by atoms with Crippen molar-refractivity contribution < 1.29 is 14.7 Å². The third-order valence-corrected chi connectivity index (χ3v) is 3.88. The summed E-state index contributed by atoms with van der Waals surface area (Å²) < 4.78 is 0. The first kappa shape index (κ1) is 17.5. The van der Waals surface area contributed by atoms with E-state index >= 15 is 0 Å². The maximum atomic E-state index is 12.5. The molecule has 0 saturated carbocycles. The molecule has 1 aliphatic heterocycles. The Bertz CT molecular complexity index is 422. The minimum absolute atomic E-state index is 0.00448. The van der Waals surface area contributed by atoms with Gasteiger partial charge in [0.25, 0.3) is 0 Å². The third-order valence-electron chi connectivity index (χ3n) is 3.88. The number of carboxylic acid groups (broad SMARTS) is 1. The van der Waals surface area contributed by atoms with Gasteiger partial charge in [-0.05, 0) is 25.7 Å². The monoisotopic (exact) mass is 296 g/mol. The predicted octanol–water partition coefficient (Wildman–Crippen LogP) is 2.97. The summed E-state index contributed by atoms with van der Waals surface area (Å²) in [6.07, 6.45) is 3.01. The largest absolute Gasteiger partial charge is 0.481 e. The minimum atomic E-state index is -0.873. The summed E-state index contributed by atoms with van der Waals surface area (Å²) in [6, 6.07) is -0.0553. The van der Waals surface area contributed by atoms with Crippen LogP contribution in [-0.4, -0.2) is 52.6 Å². The van der Waals surface area contributed by atoms with Gasteiger partial charge in [0.2, 0.25) is 0 Å². The zero-order valence-corrected chi connectivity index (χ0v) is 13.8. The Morgan fingerprint density at radius 2 is 2.00 bits per heavy atom. The van der Waals surface area contributed by atoms with Gasteiger partial charge in [-0.1, -0.05) is 32.4 Å². The molecule has 5 heteroatoms. The van der Waals surface area contributed by atoms with Gasteiger partial charge in [-0.2, -0.15) is 0 Å². The van der Waals surface area contributed by atoms with Gasteiger partial charge < -0.3 is 14.9 Å². The summed E-state index contributed by atoms with van der Waals surface area (Å²) in [5.41, 5.74) is 1.53. The first-order chi connectivity index (χ1) is 9.62. The van der Waals surface area contributed by atoms with Crippen LogP contribution in [0.3, 0.4) is 0 Å². The van der Waals surface area contributed by atoms with Crippen LogP contribution in [0.1, 0.15) is 47.5 Å². The van der Waals surface area contributed by atoms with Crippen LogP contribution in [0, 0.1) is 5.41 Å². The fraction of sp³-hybridized carbons (Fsp3) is 0.750. The average molecular weight is 296 g/mol. The van der Waals surface area contributed by atoms with Crippen molar-refractivity contribution in [1.29, 1.82) is 0 Å². The maximum absolute atomic E-state index is 12.5. The van der Waals surface area contributed by atoms with Gasteiger partial charge in [0.05, 0.1) is 6.42 Å². The highest BCUT2D eigenvalue weighted by Gasteiger charge is 2.27. The lowest BCUT2D eigenvalue weighted by atomic mass is 9.83. The molecule has 0 aromatic rings. The Balaban J connectivity index is 2.70. The smallest absolute Gasteiger partial charge is 0.320 e. The van der Waals surface area contributed by atoms with E-state index in [4.69, 9.17) is 5.11 Å². The molecule has 0 bridgehead atoms. The number of carbonyl (C=O) groups excluding carboxylic acids is 1. The number of aliphatic carboxylic acids is 1. The molecule has 120 valence electrons. The molecule has 21 heavy (non-hydrogen) atoms. The molecule has 0 spiro atoms. The molecule has 0 aromatic carbocycles. The number of nitrogens with zero attached hydrogens (tertiary/aromatic N) is 2. The van der Waals surface area contributed by atoms with Crippen LogP contribution in [0.15, 0.2) is 11.6 Å². The van der Waals surface area contributed by atoms with Gasteiger partial charge in [-0.3, -0.25) is 4.79 Å². The molecule has 0 fully saturated rings. The van der Waals surface area contributed by atoms with Crippen LogP contribution >= 0.6 is 0 Å². The Morgan fingerprint density at radius 3 is 2.38 bits per heavy atom. The van der Waals surface area contributed by atoms with E-state index < -0.39 is 5.97 Å². The lowest BCUT2D eigenvalue weighted by molar-refractivity contribution is -0.137. The molecule has 0 unspecified atom stereocenters. The highest BCUT2D eigenvalue weighted by Crippen LogP contribution is 2.30. The van der Waals surface area contributed by atoms with E-state index in [1.54, 1.807) is 9.80 Å². The van der Waals surface area contributed by atoms with Gasteiger partial charge in [-0.25, -0.2) is 4.79 Å². The summed E-state index contributed by atoms with van der Waals surface area (Å²) in [6.45, 7) is 12.0. The summed E-state index contributed by atoms with van der Waals surface area (Å²) >= 11 is 0. The number of rotatable bonds is 4. The van der Waals surface area contributed by atoms with Crippen LogP contribution < -0.4 is 0 Å². The number of hydrogen-bond acceptors (Lipinski definition) is 2. The summed E-state index contributed by atoms with van der Waals surface area (Å²) in [5.74, 6) is -0.873. The van der Waals surface area contributed by atoms with Crippen LogP contribution in [-0.2, 0) is 4.79 Å². The van der Waals surface area contributed by atoms with E-state index in [0.29, 0.717) is 13.1 Å². The average Bonchev–Trinajstić information content (AvgIpc) is 2.37. The summed E-state index contributed by atoms with van der Waals surface area (Å²) in [5, 5.41) is 8.80. The standard InChI is InChI=1S/C16H28N2O3/c1-12(2)18(11-8-14(19)20)15(21)17-9-6-13(7-10-17)16(3,4)5/h6,12H,7-11H2,1-5H3,(H,19,20). The third kappa shape index (κ3) is 5.06. The second kappa shape index (κ2) is 6.96. The van der Waals surface area contributed by atoms with Crippen molar-refractivity contribution in [2.45, 2.75) is 53.5 Å². The summed E-state index contributed by atoms with van der Waals surface area (Å²) in [4.78, 5) is 26.7. The molecule has 1 N–H and O–H groups in total. The first-order valence-corrected chi connectivity index (χ1v) is 7.59. The van der Waals surface area contributed by atoms with E-state index in [0.717, 1.165) is 6.42 Å². The number of hydrogen-bond donors (Lipinski definition) is 1. The van der Waals surface area contributed by atoms with E-state index in [1.807, 2.05) is 13.8 Å². The highest BCUT2D eigenvalue weighted by atomic mass is 16.4. The molecular formula is C16H28N2O3. The number of amides is 2. The fourth-order valence-corrected chi connectivity index (χ4v) is 2.50. The molecule has 0 atom stereocenters. The Kier molecular flexibility index (Phi) is 5.81. The molecule has 0 aliphatic carbocycles. The minimum Gasteiger partial charge on any atom is -0.481 e. The van der Waals surface area contributed by atoms with E-state index in [-0.39, 0.29) is 30.5 Å². The van der Waals surface area contributed by atoms with Gasteiger partial charge >= 0.3 is 12.0 Å². The molecule has 2 amide bonds. The lowest BCUT2D eigenvalue weighted by Gasteiger charge is -2.36. The van der Waals surface area contributed by atoms with Gasteiger partial charge in [0, 0.05) is 25.7 Å². The lowest BCUT2D eigenvalue weighted by Crippen LogP contribution is -2.48. The van der Waals surface area contributed by atoms with Crippen molar-refractivity contribution in [3.05, 3.63) is 11.6 Å². The fourth-order valence-electron chi connectivity index (χ4n) is 2.50. The van der Waals surface area contributed by atoms with Gasteiger partial charge in [0.1, 0.15) is 0 Å². The van der Waals surface area contributed by atoms with Gasteiger partial charge in [0.15, 0.2) is 0 Å². The Morgan fingerprint density at radius 1 is 1.38 bits per heavy atom. The molecule has 1 rings (SSSR count). The molecule has 5 nitrogen and oxygen atoms in total. The van der Waals surface area contributed by atoms with Crippen molar-refractivity contribution >= 4 is 12.0 Å². The van der Waals surface area contributed by atoms with Crippen LogP contribution in [0.25, 0.3) is 0 Å². The second-order valence-corrected chi connectivity index (χ2v) is 6.89. The quantitative estimate of drug-likeness (QED) is 0.811. The number of urea groups is 1. The Labute approximate surface area is 127 Å². The van der Waals surface area contributed by atoms with Crippen molar-refractivity contribution in [1.82, 2.24) is 9.80 Å². The highest BCUT2D eigenvalue weighted by molar-refractivity contribution is 5.76. The van der Waals surface area contributed by atoms with Crippen LogP contribution in [0.2, 0.25) is 0 Å². The van der Waals surface area contributed by atoms with Crippen molar-refractivity contribution in [2.75, 3.05) is 19.6 Å². The van der Waals surface area contributed by atoms with Crippen molar-refractivity contribution in [3.63, 3.8) is 0 Å². The molecular weight excluding hydrogens is 268 g/mol. The van der Waals surface area contributed by atoms with Crippen molar-refractivity contribution in [2.24, 2.45) is 5.41 Å². The Hall–Kier alpha value is -1.52. The molecule has 0 radical (unpaired) electrons. The second-order valence-electron chi connectivity index (χ2n) is 6.89. The SMILES string of the molecule is CC(C)N(CCC(=O)O)C(=O)N1CC=C(C(C)(C)C)CC1. The number of carboxylic acids is 1. The van der Waals surface area contributed by atoms with E-state index in [2.05, 4.69) is 26.8 Å². The molecule has 1 heterocycles. The molecule has 1 aliphatic rings. The predicted molar refractivity (Wildman–Crippen MR) is 83.2 cm³/mol. The maximum Gasteiger partial charge on any atom is 0.320 e. The van der Waals surface area contributed by atoms with Crippen LogP contribution in [0.4, 0.5) is 4.79 Å². The molecule has 0 aromatic heterocycles. The topological polar surface area (TPSA) is 60.9 Å². The van der Waals surface area contributed by atoms with Crippen molar-refractivity contribution in [3.8, 4) is 0 Å². The molecule has 0 saturated heterocycles. The van der Waals surface area contributed by atoms with E-state index in [9.17, 15) is 9.59 Å². The summed E-state index contributed by atoms with van der Waals surface area (Å²) in [7, 11) is 0.